The van der Waals surface area contributed by atoms with Crippen molar-refractivity contribution in [2.45, 2.75) is 191 Å². The molecule has 17 nitrogen and oxygen atoms in total. The predicted octanol–water partition coefficient (Wildman–Crippen LogP) is 34.5. The third-order valence-corrected chi connectivity index (χ3v) is 32.1. The van der Waals surface area contributed by atoms with Crippen LogP contribution in [0.3, 0.4) is 0 Å². The fraction of sp³-hybridized carbons (Fsp3) is 0.250. The van der Waals surface area contributed by atoms with Gasteiger partial charge in [0.2, 0.25) is 0 Å². The summed E-state index contributed by atoms with van der Waals surface area (Å²) in [6, 6.07) is 92.0. The highest BCUT2D eigenvalue weighted by molar-refractivity contribution is 7.99. The van der Waals surface area contributed by atoms with E-state index < -0.39 is 0 Å². The number of nitrogens with zero attached hydrogens (tertiary/aromatic N) is 12. The monoisotopic (exact) mass is 2030 g/mol. The van der Waals surface area contributed by atoms with Gasteiger partial charge in [0.1, 0.15) is 28.7 Å². The topological polar surface area (TPSA) is 245 Å². The van der Waals surface area contributed by atoms with Crippen LogP contribution in [-0.2, 0) is 12.8 Å². The van der Waals surface area contributed by atoms with Gasteiger partial charge in [0.15, 0.2) is 67.2 Å². The lowest BCUT2D eigenvalue weighted by molar-refractivity contribution is 0.338. The van der Waals surface area contributed by atoms with Crippen molar-refractivity contribution in [2.24, 2.45) is 5.92 Å². The quantitative estimate of drug-likeness (QED) is 0.0164. The van der Waals surface area contributed by atoms with Crippen LogP contribution in [0, 0.1) is 5.92 Å². The maximum atomic E-state index is 10.9. The van der Waals surface area contributed by atoms with Crippen LogP contribution in [-0.4, -0.2) is 110 Å². The molecule has 23 rings (SSSR count). The Kier molecular flexibility index (Phi) is 32.9. The van der Waals surface area contributed by atoms with Crippen LogP contribution < -0.4 is 4.74 Å². The highest BCUT2D eigenvalue weighted by Crippen LogP contribution is 2.47. The van der Waals surface area contributed by atoms with E-state index in [4.69, 9.17) is 64.5 Å². The number of ether oxygens (including phenoxy) is 1. The minimum atomic E-state index is 0.0915. The highest BCUT2D eigenvalue weighted by atomic mass is 32.2. The Morgan fingerprint density at radius 1 is 0.268 bits per heavy atom. The van der Waals surface area contributed by atoms with Gasteiger partial charge in [0.25, 0.3) is 0 Å². The van der Waals surface area contributed by atoms with Gasteiger partial charge in [-0.2, -0.15) is 0 Å². The third kappa shape index (κ3) is 22.9. The van der Waals surface area contributed by atoms with Crippen LogP contribution in [0.25, 0.3) is 200 Å². The van der Waals surface area contributed by atoms with Gasteiger partial charge in [0, 0.05) is 51.3 Å². The minimum Gasteiger partial charge on any atom is -0.507 e. The van der Waals surface area contributed by atoms with Gasteiger partial charge in [-0.3, -0.25) is 0 Å². The van der Waals surface area contributed by atoms with E-state index in [1.165, 1.54) is 185 Å². The summed E-state index contributed by atoms with van der Waals surface area (Å²) in [4.78, 5) is 58.7. The molecule has 21 heteroatoms. The lowest BCUT2D eigenvalue weighted by Gasteiger charge is -2.19. The van der Waals surface area contributed by atoms with Crippen molar-refractivity contribution in [1.29, 1.82) is 0 Å². The number of thioether (sulfide) groups is 4. The average Bonchev–Trinajstić information content (AvgIpc) is 0.740. The second kappa shape index (κ2) is 48.2. The number of phenols is 4. The van der Waals surface area contributed by atoms with Crippen molar-refractivity contribution >= 4 is 156 Å². The van der Waals surface area contributed by atoms with Crippen molar-refractivity contribution in [3.8, 4) is 120 Å². The molecule has 2 aliphatic carbocycles. The molecule has 0 aliphatic heterocycles. The number of hydrogen-bond acceptors (Lipinski definition) is 21. The molecule has 0 saturated carbocycles. The average molecular weight is 2040 g/mol. The van der Waals surface area contributed by atoms with Crippen LogP contribution in [0.1, 0.15) is 179 Å². The molecule has 149 heavy (non-hydrogen) atoms. The zero-order valence-electron chi connectivity index (χ0n) is 85.2. The first kappa shape index (κ1) is 102. The van der Waals surface area contributed by atoms with Crippen LogP contribution in [0.4, 0.5) is 0 Å². The molecule has 4 heterocycles. The number of hydrogen-bond donors (Lipinski definition) is 4. The van der Waals surface area contributed by atoms with Gasteiger partial charge in [-0.15, -0.1) is 0 Å². The zero-order chi connectivity index (χ0) is 102. The first-order valence-electron chi connectivity index (χ1n) is 52.9. The number of para-hydroxylation sites is 3. The van der Waals surface area contributed by atoms with Gasteiger partial charge in [0.05, 0.1) is 28.9 Å². The molecule has 748 valence electrons. The number of phenolic OH excluding ortho intramolecular Hbond substituents is 4. The van der Waals surface area contributed by atoms with Gasteiger partial charge in [-0.05, 0) is 256 Å². The summed E-state index contributed by atoms with van der Waals surface area (Å²) in [5.74, 6) is 10.3. The van der Waals surface area contributed by atoms with Crippen molar-refractivity contribution in [3.63, 3.8) is 0 Å². The number of aromatic hydroxyl groups is 4. The molecule has 0 spiro atoms. The van der Waals surface area contributed by atoms with Gasteiger partial charge >= 0.3 is 0 Å². The number of rotatable bonds is 35. The predicted molar refractivity (Wildman–Crippen MR) is 624 cm³/mol. The Balaban J connectivity index is 0.000000121. The fourth-order valence-electron chi connectivity index (χ4n) is 20.5. The van der Waals surface area contributed by atoms with E-state index in [2.05, 4.69) is 241 Å². The summed E-state index contributed by atoms with van der Waals surface area (Å²) < 4.78 is 5.59. The Morgan fingerprint density at radius 2 is 0.624 bits per heavy atom. The molecule has 17 aromatic carbocycles. The molecule has 2 aliphatic rings. The van der Waals surface area contributed by atoms with Gasteiger partial charge < -0.3 is 25.2 Å². The molecule has 1 atom stereocenters. The summed E-state index contributed by atoms with van der Waals surface area (Å²) in [6.45, 7) is 13.6. The maximum Gasteiger partial charge on any atom is 0.191 e. The summed E-state index contributed by atoms with van der Waals surface area (Å²) in [5, 5.41) is 67.5. The second-order valence-electron chi connectivity index (χ2n) is 38.2. The Labute approximate surface area is 887 Å². The van der Waals surface area contributed by atoms with E-state index in [0.29, 0.717) is 108 Å². The maximum absolute atomic E-state index is 10.9. The molecule has 4 aromatic heterocycles. The fourth-order valence-corrected chi connectivity index (χ4v) is 24.0. The normalized spacial score (nSPS) is 12.4. The first-order valence-corrected chi connectivity index (χ1v) is 56.8. The largest absolute Gasteiger partial charge is 0.507 e. The lowest BCUT2D eigenvalue weighted by atomic mass is 9.86. The van der Waals surface area contributed by atoms with E-state index >= 15 is 0 Å². The summed E-state index contributed by atoms with van der Waals surface area (Å²) in [6.07, 6.45) is 32.2. The molecule has 0 fully saturated rings. The molecule has 21 aromatic rings. The SMILES string of the molecule is CCCCC(CC)CSc1nc(-c2ccc(OCC)cc2O)nc(-c2ccc3ccc4cccc5ccc2c3c45)n1.CCCCCCSc1nc(-c2ccccc2O)nc(-c2cc3c(ccc4ccccc43)c3c2C=CCC3)n1.CCCCCCSc1nc(-c2ccccc2O)nc(-c2cc3ccccc3c3c2C=CCC3)n1.CCCCCCSc1nc(-c2ccccc2O)nc(-c2ccc3ccc4cccc5ccc2c3c45)n1. The van der Waals surface area contributed by atoms with Crippen molar-refractivity contribution in [2.75, 3.05) is 29.6 Å². The van der Waals surface area contributed by atoms with E-state index in [0.717, 1.165) is 107 Å². The number of aryl methyl sites for hydroxylation is 2. The summed E-state index contributed by atoms with van der Waals surface area (Å²) in [7, 11) is 0. The standard InChI is InChI=1S/C35H35N3O2S.C33H31N3OS.C31H27N3OS.C29H29N3OS/c1-4-7-9-22(5-2)21-41-35-37-33(36-34(38-35)29-19-16-26(40-6-3)20-30(29)39)28-18-15-25-13-12-23-10-8-11-24-14-17-27(28)32(25)31(23)24;1-2-3-4-11-20-38-33-35-31(27-16-9-10-17-30(27)37)34-32(36-33)29-21-28-23-13-6-5-12-22(23)18-19-26(28)24-14-7-8-15-25(24)29;1-2-3-4-7-19-36-31-33-29(32-30(34-31)25-11-5-6-12-26(25)35)24-18-16-22-14-13-20-9-8-10-21-15-17-23(24)28(22)27(20)21;1-2-3-4-11-18-34-29-31-27(24-16-9-10-17-26(24)33)30-28(32-29)25-19-20-12-5-6-13-21(20)22-14-7-8-15-23(22)25/h8,10-20,22,39H,4-7,9,21H2,1-3H3;5-6,8-10,12-13,15-19,21,37H,2-4,7,11,14,20H2,1H3;5-6,8-18,35H,2-4,7,19H2,1H3;5-6,8-10,12-13,15-17,19,33H,2-4,7,11,14,18H2,1H3. The van der Waals surface area contributed by atoms with Crippen LogP contribution >= 0.6 is 47.0 Å². The van der Waals surface area contributed by atoms with E-state index in [1.54, 1.807) is 71.3 Å². The number of unbranched alkanes of at least 4 members (excludes halogenated alkanes) is 10. The molecule has 0 saturated heterocycles. The first-order chi connectivity index (χ1) is 73.3. The summed E-state index contributed by atoms with van der Waals surface area (Å²) >= 11 is 6.70. The molecular weight excluding hydrogens is 1910 g/mol. The molecule has 0 radical (unpaired) electrons. The number of aromatic nitrogens is 12. The molecule has 0 bridgehead atoms. The van der Waals surface area contributed by atoms with E-state index in [1.807, 2.05) is 73.7 Å². The Morgan fingerprint density at radius 3 is 1.07 bits per heavy atom. The van der Waals surface area contributed by atoms with Crippen molar-refractivity contribution < 1.29 is 25.2 Å². The second-order valence-corrected chi connectivity index (χ2v) is 42.4. The van der Waals surface area contributed by atoms with Gasteiger partial charge in [-0.25, -0.2) is 59.8 Å². The smallest absolute Gasteiger partial charge is 0.191 e. The van der Waals surface area contributed by atoms with Crippen molar-refractivity contribution in [3.05, 3.63) is 307 Å². The molecule has 0 amide bonds. The Hall–Kier alpha value is -14.5. The Bertz CT molecular complexity index is 8420. The molecular formula is C128H122N12O5S4. The summed E-state index contributed by atoms with van der Waals surface area (Å²) in [5.41, 5.74) is 11.5. The van der Waals surface area contributed by atoms with E-state index in [9.17, 15) is 20.4 Å². The highest BCUT2D eigenvalue weighted by Gasteiger charge is 2.27. The van der Waals surface area contributed by atoms with E-state index in [-0.39, 0.29) is 23.0 Å². The lowest BCUT2D eigenvalue weighted by Crippen LogP contribution is -2.05. The van der Waals surface area contributed by atoms with Crippen LogP contribution in [0.5, 0.6) is 28.7 Å². The minimum absolute atomic E-state index is 0.0915. The molecule has 4 N–H and O–H groups in total. The zero-order valence-corrected chi connectivity index (χ0v) is 88.5. The third-order valence-electron chi connectivity index (χ3n) is 28.2. The van der Waals surface area contributed by atoms with Crippen molar-refractivity contribution in [1.82, 2.24) is 59.8 Å². The molecule has 1 unspecified atom stereocenters. The van der Waals surface area contributed by atoms with Crippen LogP contribution in [0.2, 0.25) is 0 Å². The van der Waals surface area contributed by atoms with Gasteiger partial charge in [-0.1, -0.05) is 377 Å². The van der Waals surface area contributed by atoms with Crippen LogP contribution in [0.15, 0.2) is 306 Å². The number of fused-ring (bicyclic) bond motifs is 8. The number of benzene rings is 17. The number of allylic oxidation sites excluding steroid dienone is 2.